The Bertz CT molecular complexity index is 396. The van der Waals surface area contributed by atoms with E-state index in [1.165, 1.54) is 6.92 Å². The van der Waals surface area contributed by atoms with Gasteiger partial charge in [-0.2, -0.15) is 0 Å². The second-order valence-corrected chi connectivity index (χ2v) is 4.59. The van der Waals surface area contributed by atoms with Gasteiger partial charge >= 0.3 is 5.97 Å². The average Bonchev–Trinajstić information content (AvgIpc) is 2.09. The number of aliphatic imine (C=N–C) groups is 1. The molecule has 0 radical (unpaired) electrons. The highest BCUT2D eigenvalue weighted by Gasteiger charge is 2.07. The molecule has 0 aliphatic heterocycles. The lowest BCUT2D eigenvalue weighted by Crippen LogP contribution is -2.27. The molecule has 0 saturated carbocycles. The molecule has 0 atom stereocenters. The Morgan fingerprint density at radius 2 is 2.07 bits per heavy atom. The monoisotopic (exact) mass is 236 g/mol. The standard InChI is InChI=1S/C7H12N2O5S/c1-5(3-8-15(2,13)14)9-6(4-10)7(11)12/h4,8,10H,3H2,1-2H3,(H,11,12)/b6-4-,9-5?. The molecule has 0 rings (SSSR count). The van der Waals surface area contributed by atoms with E-state index in [0.29, 0.717) is 6.26 Å². The van der Waals surface area contributed by atoms with Gasteiger partial charge in [0.1, 0.15) is 6.26 Å². The summed E-state index contributed by atoms with van der Waals surface area (Å²) in [6.45, 7) is 1.33. The third-order valence-electron chi connectivity index (χ3n) is 1.24. The molecule has 15 heavy (non-hydrogen) atoms. The highest BCUT2D eigenvalue weighted by atomic mass is 32.2. The van der Waals surface area contributed by atoms with Gasteiger partial charge in [0.25, 0.3) is 0 Å². The Hall–Kier alpha value is -1.41. The number of nitrogens with one attached hydrogen (secondary N) is 1. The molecule has 0 bridgehead atoms. The summed E-state index contributed by atoms with van der Waals surface area (Å²) in [6, 6.07) is 0. The van der Waals surface area contributed by atoms with Crippen LogP contribution in [0.15, 0.2) is 17.0 Å². The average molecular weight is 236 g/mol. The van der Waals surface area contributed by atoms with Crippen LogP contribution in [0.3, 0.4) is 0 Å². The lowest BCUT2D eigenvalue weighted by molar-refractivity contribution is -0.132. The molecule has 0 aromatic carbocycles. The number of aliphatic carboxylic acids is 1. The van der Waals surface area contributed by atoms with Gasteiger partial charge in [0.2, 0.25) is 10.0 Å². The Labute approximate surface area is 87.2 Å². The molecule has 7 nitrogen and oxygen atoms in total. The number of sulfonamides is 1. The van der Waals surface area contributed by atoms with Gasteiger partial charge in [0.15, 0.2) is 5.70 Å². The predicted octanol–water partition coefficient (Wildman–Crippen LogP) is -0.519. The zero-order valence-corrected chi connectivity index (χ0v) is 9.08. The minimum Gasteiger partial charge on any atom is -0.513 e. The third-order valence-corrected chi connectivity index (χ3v) is 1.91. The molecule has 0 amide bonds. The lowest BCUT2D eigenvalue weighted by atomic mass is 10.4. The van der Waals surface area contributed by atoms with Crippen molar-refractivity contribution in [3.63, 3.8) is 0 Å². The minimum absolute atomic E-state index is 0.108. The van der Waals surface area contributed by atoms with Crippen molar-refractivity contribution in [2.45, 2.75) is 6.92 Å². The number of aliphatic hydroxyl groups is 1. The molecule has 0 aliphatic carbocycles. The van der Waals surface area contributed by atoms with E-state index in [-0.39, 0.29) is 12.3 Å². The summed E-state index contributed by atoms with van der Waals surface area (Å²) in [5, 5.41) is 17.0. The van der Waals surface area contributed by atoms with Crippen LogP contribution in [-0.4, -0.2) is 43.1 Å². The molecule has 3 N–H and O–H groups in total. The van der Waals surface area contributed by atoms with Crippen molar-refractivity contribution in [2.24, 2.45) is 4.99 Å². The van der Waals surface area contributed by atoms with Gasteiger partial charge in [-0.1, -0.05) is 0 Å². The van der Waals surface area contributed by atoms with Crippen molar-refractivity contribution in [3.8, 4) is 0 Å². The van der Waals surface area contributed by atoms with Crippen LogP contribution in [0, 0.1) is 0 Å². The number of hydrogen-bond acceptors (Lipinski definition) is 5. The largest absolute Gasteiger partial charge is 0.513 e. The van der Waals surface area contributed by atoms with E-state index in [0.717, 1.165) is 6.26 Å². The fourth-order valence-electron chi connectivity index (χ4n) is 0.613. The number of carboxylic acid groups (broad SMARTS) is 1. The smallest absolute Gasteiger partial charge is 0.357 e. The topological polar surface area (TPSA) is 116 Å². The first-order valence-electron chi connectivity index (χ1n) is 3.82. The molecule has 0 spiro atoms. The van der Waals surface area contributed by atoms with Gasteiger partial charge < -0.3 is 10.2 Å². The Balaban J connectivity index is 4.51. The number of rotatable bonds is 5. The number of carbonyl (C=O) groups is 1. The molecule has 86 valence electrons. The fourth-order valence-corrected chi connectivity index (χ4v) is 1.08. The first-order chi connectivity index (χ1) is 6.76. The zero-order chi connectivity index (χ0) is 12.1. The van der Waals surface area contributed by atoms with Gasteiger partial charge in [-0.25, -0.2) is 22.9 Å². The Morgan fingerprint density at radius 3 is 2.40 bits per heavy atom. The van der Waals surface area contributed by atoms with Crippen LogP contribution in [0.25, 0.3) is 0 Å². The summed E-state index contributed by atoms with van der Waals surface area (Å²) >= 11 is 0. The van der Waals surface area contributed by atoms with Crippen LogP contribution in [0.1, 0.15) is 6.92 Å². The van der Waals surface area contributed by atoms with Crippen molar-refractivity contribution in [3.05, 3.63) is 12.0 Å². The molecular formula is C7H12N2O5S. The summed E-state index contributed by atoms with van der Waals surface area (Å²) < 4.78 is 23.5. The highest BCUT2D eigenvalue weighted by molar-refractivity contribution is 7.88. The van der Waals surface area contributed by atoms with E-state index in [4.69, 9.17) is 10.2 Å². The van der Waals surface area contributed by atoms with E-state index < -0.39 is 21.7 Å². The van der Waals surface area contributed by atoms with Crippen molar-refractivity contribution >= 4 is 21.7 Å². The molecule has 0 aliphatic rings. The predicted molar refractivity (Wildman–Crippen MR) is 54.3 cm³/mol. The Morgan fingerprint density at radius 1 is 1.53 bits per heavy atom. The van der Waals surface area contributed by atoms with Crippen LogP contribution in [0.5, 0.6) is 0 Å². The van der Waals surface area contributed by atoms with Crippen LogP contribution in [-0.2, 0) is 14.8 Å². The van der Waals surface area contributed by atoms with E-state index in [2.05, 4.69) is 9.71 Å². The van der Waals surface area contributed by atoms with Gasteiger partial charge in [-0.15, -0.1) is 0 Å². The molecular weight excluding hydrogens is 224 g/mol. The SMILES string of the molecule is CC(CNS(C)(=O)=O)=N/C(=C\O)C(=O)O. The van der Waals surface area contributed by atoms with Crippen LogP contribution in [0.4, 0.5) is 0 Å². The summed E-state index contributed by atoms with van der Waals surface area (Å²) in [6.07, 6.45) is 1.31. The molecule has 0 fully saturated rings. The summed E-state index contributed by atoms with van der Waals surface area (Å²) in [4.78, 5) is 13.9. The van der Waals surface area contributed by atoms with Crippen molar-refractivity contribution in [1.82, 2.24) is 4.72 Å². The van der Waals surface area contributed by atoms with Crippen molar-refractivity contribution in [2.75, 3.05) is 12.8 Å². The molecule has 0 heterocycles. The second kappa shape index (κ2) is 5.47. The maximum atomic E-state index is 10.7. The number of nitrogens with zero attached hydrogens (tertiary/aromatic N) is 1. The molecule has 8 heteroatoms. The number of carboxylic acids is 1. The molecule has 0 aromatic heterocycles. The first-order valence-corrected chi connectivity index (χ1v) is 5.72. The minimum atomic E-state index is -3.34. The van der Waals surface area contributed by atoms with Gasteiger partial charge in [0, 0.05) is 12.3 Å². The maximum Gasteiger partial charge on any atom is 0.357 e. The first kappa shape index (κ1) is 13.6. The second-order valence-electron chi connectivity index (χ2n) is 2.76. The van der Waals surface area contributed by atoms with Gasteiger partial charge in [-0.3, -0.25) is 0 Å². The molecule has 0 aromatic rings. The molecule has 0 unspecified atom stereocenters. The van der Waals surface area contributed by atoms with Crippen molar-refractivity contribution < 1.29 is 23.4 Å². The molecule has 0 saturated heterocycles. The zero-order valence-electron chi connectivity index (χ0n) is 8.26. The number of aliphatic hydroxyl groups excluding tert-OH is 1. The van der Waals surface area contributed by atoms with E-state index in [1.807, 2.05) is 0 Å². The highest BCUT2D eigenvalue weighted by Crippen LogP contribution is 1.96. The van der Waals surface area contributed by atoms with Gasteiger partial charge in [-0.05, 0) is 6.92 Å². The van der Waals surface area contributed by atoms with Crippen LogP contribution >= 0.6 is 0 Å². The van der Waals surface area contributed by atoms with Crippen molar-refractivity contribution in [1.29, 1.82) is 0 Å². The maximum absolute atomic E-state index is 10.7. The van der Waals surface area contributed by atoms with Gasteiger partial charge in [0.05, 0.1) is 6.26 Å². The lowest BCUT2D eigenvalue weighted by Gasteiger charge is -2.01. The third kappa shape index (κ3) is 6.63. The normalized spacial score (nSPS) is 14.0. The van der Waals surface area contributed by atoms with E-state index in [9.17, 15) is 13.2 Å². The summed E-state index contributed by atoms with van der Waals surface area (Å²) in [7, 11) is -3.34. The number of hydrogen-bond donors (Lipinski definition) is 3. The van der Waals surface area contributed by atoms with E-state index >= 15 is 0 Å². The van der Waals surface area contributed by atoms with Crippen LogP contribution < -0.4 is 4.72 Å². The van der Waals surface area contributed by atoms with E-state index in [1.54, 1.807) is 0 Å². The summed E-state index contributed by atoms with van der Waals surface area (Å²) in [5.74, 6) is -1.39. The van der Waals surface area contributed by atoms with Crippen LogP contribution in [0.2, 0.25) is 0 Å². The Kier molecular flexibility index (Phi) is 4.95. The quantitative estimate of drug-likeness (QED) is 0.337. The fraction of sp³-hybridized carbons (Fsp3) is 0.429. The summed E-state index contributed by atoms with van der Waals surface area (Å²) in [5.41, 5.74) is -0.328.